The van der Waals surface area contributed by atoms with Crippen LogP contribution in [0.4, 0.5) is 8.78 Å². The van der Waals surface area contributed by atoms with Crippen molar-refractivity contribution in [2.75, 3.05) is 20.2 Å². The van der Waals surface area contributed by atoms with E-state index >= 15 is 0 Å². The number of carboxylic acid groups (broad SMARTS) is 1. The highest BCUT2D eigenvalue weighted by atomic mass is 19.3. The Hall–Kier alpha value is -1.93. The summed E-state index contributed by atoms with van der Waals surface area (Å²) in [5.74, 6) is -0.132. The van der Waals surface area contributed by atoms with Gasteiger partial charge in [-0.1, -0.05) is 6.92 Å². The number of carboxylic acids is 1. The molecule has 1 aliphatic carbocycles. The molecule has 1 saturated carbocycles. The average Bonchev–Trinajstić information content (AvgIpc) is 2.52. The zero-order valence-electron chi connectivity index (χ0n) is 14.4. The second-order valence-electron chi connectivity index (χ2n) is 6.01. The van der Waals surface area contributed by atoms with Crippen LogP contribution < -0.4 is 14.8 Å². The van der Waals surface area contributed by atoms with Gasteiger partial charge in [-0.3, -0.25) is 9.69 Å². The lowest BCUT2D eigenvalue weighted by molar-refractivity contribution is -0.139. The van der Waals surface area contributed by atoms with Gasteiger partial charge in [-0.2, -0.15) is 8.78 Å². The van der Waals surface area contributed by atoms with E-state index in [1.54, 1.807) is 12.1 Å². The molecule has 25 heavy (non-hydrogen) atoms. The minimum absolute atomic E-state index is 0.0378. The molecule has 0 bridgehead atoms. The SMILES string of the molecule is CCN(CC(=O)O)C1CC(NCc2cc(OC)ccc2OC(F)F)C1. The zero-order valence-corrected chi connectivity index (χ0v) is 14.4. The Morgan fingerprint density at radius 1 is 1.44 bits per heavy atom. The number of nitrogens with zero attached hydrogens (tertiary/aromatic N) is 1. The summed E-state index contributed by atoms with van der Waals surface area (Å²) >= 11 is 0. The van der Waals surface area contributed by atoms with Crippen LogP contribution in [0.1, 0.15) is 25.3 Å². The number of carbonyl (C=O) groups is 1. The first-order valence-corrected chi connectivity index (χ1v) is 8.23. The number of methoxy groups -OCH3 is 1. The van der Waals surface area contributed by atoms with E-state index in [0.29, 0.717) is 24.4 Å². The number of nitrogens with one attached hydrogen (secondary N) is 1. The Labute approximate surface area is 145 Å². The number of hydrogen-bond acceptors (Lipinski definition) is 5. The Morgan fingerprint density at radius 2 is 2.16 bits per heavy atom. The molecule has 0 aliphatic heterocycles. The molecule has 8 heteroatoms. The van der Waals surface area contributed by atoms with E-state index in [0.717, 1.165) is 12.8 Å². The Kier molecular flexibility index (Phi) is 6.95. The third-order valence-electron chi connectivity index (χ3n) is 4.44. The molecule has 1 aromatic rings. The molecule has 0 amide bonds. The van der Waals surface area contributed by atoms with Gasteiger partial charge in [0.15, 0.2) is 0 Å². The molecular weight excluding hydrogens is 334 g/mol. The van der Waals surface area contributed by atoms with Crippen LogP contribution in [0, 0.1) is 0 Å². The Bertz CT molecular complexity index is 580. The lowest BCUT2D eigenvalue weighted by Gasteiger charge is -2.42. The first kappa shape index (κ1) is 19.4. The molecule has 0 spiro atoms. The van der Waals surface area contributed by atoms with E-state index in [1.807, 2.05) is 11.8 Å². The molecule has 0 unspecified atom stereocenters. The van der Waals surface area contributed by atoms with Gasteiger partial charge >= 0.3 is 12.6 Å². The second-order valence-corrected chi connectivity index (χ2v) is 6.01. The molecule has 6 nitrogen and oxygen atoms in total. The van der Waals surface area contributed by atoms with Gasteiger partial charge in [0.1, 0.15) is 11.5 Å². The number of benzene rings is 1. The minimum Gasteiger partial charge on any atom is -0.497 e. The molecule has 2 rings (SSSR count). The van der Waals surface area contributed by atoms with Gasteiger partial charge in [-0.25, -0.2) is 0 Å². The molecule has 0 saturated heterocycles. The van der Waals surface area contributed by atoms with Crippen molar-refractivity contribution in [3.8, 4) is 11.5 Å². The summed E-state index contributed by atoms with van der Waals surface area (Å²) < 4.78 is 34.7. The quantitative estimate of drug-likeness (QED) is 0.669. The molecule has 0 atom stereocenters. The van der Waals surface area contributed by atoms with Crippen molar-refractivity contribution < 1.29 is 28.2 Å². The third-order valence-corrected chi connectivity index (χ3v) is 4.44. The van der Waals surface area contributed by atoms with Gasteiger partial charge < -0.3 is 19.9 Å². The van der Waals surface area contributed by atoms with Gasteiger partial charge in [0.25, 0.3) is 0 Å². The highest BCUT2D eigenvalue weighted by molar-refractivity contribution is 5.69. The van der Waals surface area contributed by atoms with Crippen molar-refractivity contribution >= 4 is 5.97 Å². The van der Waals surface area contributed by atoms with Crippen molar-refractivity contribution in [3.63, 3.8) is 0 Å². The van der Waals surface area contributed by atoms with E-state index in [4.69, 9.17) is 9.84 Å². The van der Waals surface area contributed by atoms with Crippen LogP contribution >= 0.6 is 0 Å². The predicted molar refractivity (Wildman–Crippen MR) is 88.2 cm³/mol. The monoisotopic (exact) mass is 358 g/mol. The van der Waals surface area contributed by atoms with Crippen LogP contribution in [0.25, 0.3) is 0 Å². The molecule has 0 aromatic heterocycles. The van der Waals surface area contributed by atoms with Crippen LogP contribution in [0.2, 0.25) is 0 Å². The van der Waals surface area contributed by atoms with Crippen molar-refractivity contribution in [2.45, 2.75) is 45.0 Å². The first-order valence-electron chi connectivity index (χ1n) is 8.23. The van der Waals surface area contributed by atoms with Gasteiger partial charge in [-0.15, -0.1) is 0 Å². The first-order chi connectivity index (χ1) is 11.9. The fraction of sp³-hybridized carbons (Fsp3) is 0.588. The number of aliphatic carboxylic acids is 1. The maximum absolute atomic E-state index is 12.5. The maximum atomic E-state index is 12.5. The van der Waals surface area contributed by atoms with Crippen molar-refractivity contribution in [1.82, 2.24) is 10.2 Å². The van der Waals surface area contributed by atoms with Crippen molar-refractivity contribution in [2.24, 2.45) is 0 Å². The van der Waals surface area contributed by atoms with E-state index in [-0.39, 0.29) is 24.4 Å². The van der Waals surface area contributed by atoms with Crippen LogP contribution in [-0.2, 0) is 11.3 Å². The topological polar surface area (TPSA) is 71.0 Å². The van der Waals surface area contributed by atoms with Gasteiger partial charge in [0, 0.05) is 24.2 Å². The van der Waals surface area contributed by atoms with Crippen LogP contribution in [0.15, 0.2) is 18.2 Å². The predicted octanol–water partition coefficient (Wildman–Crippen LogP) is 2.32. The summed E-state index contributed by atoms with van der Waals surface area (Å²) in [6.07, 6.45) is 1.66. The van der Waals surface area contributed by atoms with E-state index in [9.17, 15) is 13.6 Å². The lowest BCUT2D eigenvalue weighted by Crippen LogP contribution is -2.53. The molecule has 2 N–H and O–H groups in total. The largest absolute Gasteiger partial charge is 0.497 e. The zero-order chi connectivity index (χ0) is 18.4. The number of likely N-dealkylation sites (N-methyl/N-ethyl adjacent to an activating group) is 1. The Balaban J connectivity index is 1.88. The summed E-state index contributed by atoms with van der Waals surface area (Å²) in [4.78, 5) is 12.8. The lowest BCUT2D eigenvalue weighted by atomic mass is 9.85. The van der Waals surface area contributed by atoms with Gasteiger partial charge in [0.05, 0.1) is 13.7 Å². The van der Waals surface area contributed by atoms with Gasteiger partial charge in [-0.05, 0) is 37.6 Å². The fourth-order valence-electron chi connectivity index (χ4n) is 3.01. The van der Waals surface area contributed by atoms with E-state index < -0.39 is 12.6 Å². The molecule has 1 aromatic carbocycles. The van der Waals surface area contributed by atoms with Crippen molar-refractivity contribution in [1.29, 1.82) is 0 Å². The summed E-state index contributed by atoms with van der Waals surface area (Å²) in [5.41, 5.74) is 0.598. The van der Waals surface area contributed by atoms with E-state index in [1.165, 1.54) is 13.2 Å². The van der Waals surface area contributed by atoms with E-state index in [2.05, 4.69) is 10.1 Å². The maximum Gasteiger partial charge on any atom is 0.387 e. The highest BCUT2D eigenvalue weighted by Gasteiger charge is 2.33. The van der Waals surface area contributed by atoms with Crippen LogP contribution in [0.5, 0.6) is 11.5 Å². The standard InChI is InChI=1S/C17H24F2N2O4/c1-3-21(10-16(22)23)13-7-12(8-13)20-9-11-6-14(24-2)4-5-15(11)25-17(18)19/h4-6,12-13,17,20H,3,7-10H2,1-2H3,(H,22,23). The second kappa shape index (κ2) is 8.96. The number of alkyl halides is 2. The fourth-order valence-corrected chi connectivity index (χ4v) is 3.01. The number of ether oxygens (including phenoxy) is 2. The van der Waals surface area contributed by atoms with Crippen molar-refractivity contribution in [3.05, 3.63) is 23.8 Å². The summed E-state index contributed by atoms with van der Waals surface area (Å²) in [6, 6.07) is 5.17. The smallest absolute Gasteiger partial charge is 0.387 e. The number of halogens is 2. The molecule has 1 fully saturated rings. The van der Waals surface area contributed by atoms with Crippen LogP contribution in [-0.4, -0.2) is 54.9 Å². The average molecular weight is 358 g/mol. The Morgan fingerprint density at radius 3 is 2.72 bits per heavy atom. The summed E-state index contributed by atoms with van der Waals surface area (Å²) in [5, 5.41) is 12.2. The van der Waals surface area contributed by atoms with Gasteiger partial charge in [0.2, 0.25) is 0 Å². The molecule has 1 aliphatic rings. The third kappa shape index (κ3) is 5.54. The number of rotatable bonds is 10. The van der Waals surface area contributed by atoms with Crippen LogP contribution in [0.3, 0.4) is 0 Å². The molecule has 0 radical (unpaired) electrons. The summed E-state index contributed by atoms with van der Waals surface area (Å²) in [7, 11) is 1.51. The normalized spacial score (nSPS) is 19.8. The molecular formula is C17H24F2N2O4. The molecule has 140 valence electrons. The molecule has 0 heterocycles. The highest BCUT2D eigenvalue weighted by Crippen LogP contribution is 2.29. The minimum atomic E-state index is -2.88. The number of hydrogen-bond donors (Lipinski definition) is 2. The summed E-state index contributed by atoms with van der Waals surface area (Å²) in [6.45, 7) is 0.159.